The van der Waals surface area contributed by atoms with Crippen molar-refractivity contribution in [1.82, 2.24) is 15.4 Å². The first-order valence-electron chi connectivity index (χ1n) is 7.30. The summed E-state index contributed by atoms with van der Waals surface area (Å²) in [4.78, 5) is 11.1. The molecule has 3 rings (SSSR count). The standard InChI is InChI=1S/C15H15Cl2N3O2S/c16-10-5-9(6-11(17)7-10)8-1-3-12(4-2-8)23-14-13(15(21)22)18-20-19-14/h5-8,12H,1-4H2,(H,21,22)(H,18,19,20)/t8-,12+. The number of carbonyl (C=O) groups is 1. The summed E-state index contributed by atoms with van der Waals surface area (Å²) in [6.07, 6.45) is 4.03. The predicted molar refractivity (Wildman–Crippen MR) is 90.7 cm³/mol. The van der Waals surface area contributed by atoms with Gasteiger partial charge in [-0.15, -0.1) is 5.10 Å². The third-order valence-corrected chi connectivity index (χ3v) is 5.79. The van der Waals surface area contributed by atoms with Crippen molar-refractivity contribution < 1.29 is 9.90 Å². The molecule has 8 heteroatoms. The predicted octanol–water partition coefficient (Wildman–Crippen LogP) is 4.63. The van der Waals surface area contributed by atoms with Crippen LogP contribution < -0.4 is 0 Å². The SMILES string of the molecule is O=C(O)c1[nH]nnc1S[C@H]1CC[C@@H](c2cc(Cl)cc(Cl)c2)CC1. The maximum atomic E-state index is 11.1. The molecule has 1 saturated carbocycles. The summed E-state index contributed by atoms with van der Waals surface area (Å²) in [5.41, 5.74) is 1.25. The lowest BCUT2D eigenvalue weighted by Gasteiger charge is -2.28. The highest BCUT2D eigenvalue weighted by molar-refractivity contribution is 7.99. The second-order valence-corrected chi connectivity index (χ2v) is 7.75. The number of aromatic carboxylic acids is 1. The monoisotopic (exact) mass is 371 g/mol. The Morgan fingerprint density at radius 3 is 2.43 bits per heavy atom. The Morgan fingerprint density at radius 2 is 1.83 bits per heavy atom. The summed E-state index contributed by atoms with van der Waals surface area (Å²) >= 11 is 13.6. The minimum atomic E-state index is -1.03. The second-order valence-electron chi connectivity index (χ2n) is 5.59. The number of aromatic amines is 1. The molecule has 0 unspecified atom stereocenters. The molecule has 1 aliphatic rings. The summed E-state index contributed by atoms with van der Waals surface area (Å²) < 4.78 is 0. The van der Waals surface area contributed by atoms with E-state index in [2.05, 4.69) is 15.4 Å². The van der Waals surface area contributed by atoms with Crippen LogP contribution in [0, 0.1) is 0 Å². The molecule has 0 spiro atoms. The van der Waals surface area contributed by atoms with Gasteiger partial charge in [-0.25, -0.2) is 4.79 Å². The van der Waals surface area contributed by atoms with Gasteiger partial charge in [0.25, 0.3) is 0 Å². The molecule has 1 fully saturated rings. The number of rotatable bonds is 4. The van der Waals surface area contributed by atoms with Gasteiger partial charge in [0.15, 0.2) is 10.7 Å². The molecule has 1 heterocycles. The van der Waals surface area contributed by atoms with E-state index in [1.807, 2.05) is 12.1 Å². The second kappa shape index (κ2) is 7.11. The molecular formula is C15H15Cl2N3O2S. The van der Waals surface area contributed by atoms with Gasteiger partial charge in [0.05, 0.1) is 0 Å². The van der Waals surface area contributed by atoms with Crippen LogP contribution in [0.5, 0.6) is 0 Å². The molecular weight excluding hydrogens is 357 g/mol. The van der Waals surface area contributed by atoms with E-state index in [9.17, 15) is 4.79 Å². The van der Waals surface area contributed by atoms with Gasteiger partial charge >= 0.3 is 5.97 Å². The quantitative estimate of drug-likeness (QED) is 0.818. The molecule has 2 N–H and O–H groups in total. The van der Waals surface area contributed by atoms with Crippen molar-refractivity contribution in [2.24, 2.45) is 0 Å². The highest BCUT2D eigenvalue weighted by Crippen LogP contribution is 2.41. The molecule has 1 aliphatic carbocycles. The Bertz CT molecular complexity index is 694. The zero-order chi connectivity index (χ0) is 16.4. The lowest BCUT2D eigenvalue weighted by molar-refractivity contribution is 0.0686. The van der Waals surface area contributed by atoms with E-state index in [-0.39, 0.29) is 5.69 Å². The molecule has 0 amide bonds. The number of carboxylic acid groups (broad SMARTS) is 1. The molecule has 0 radical (unpaired) electrons. The first-order chi connectivity index (χ1) is 11.0. The van der Waals surface area contributed by atoms with Gasteiger partial charge in [-0.3, -0.25) is 5.10 Å². The van der Waals surface area contributed by atoms with E-state index in [0.717, 1.165) is 25.7 Å². The molecule has 2 aromatic rings. The molecule has 23 heavy (non-hydrogen) atoms. The van der Waals surface area contributed by atoms with Gasteiger partial charge in [-0.2, -0.15) is 0 Å². The number of aromatic nitrogens is 3. The van der Waals surface area contributed by atoms with Crippen molar-refractivity contribution in [3.63, 3.8) is 0 Å². The topological polar surface area (TPSA) is 78.9 Å². The number of benzene rings is 1. The molecule has 1 aromatic heterocycles. The van der Waals surface area contributed by atoms with Crippen LogP contribution in [0.4, 0.5) is 0 Å². The highest BCUT2D eigenvalue weighted by Gasteiger charge is 2.26. The van der Waals surface area contributed by atoms with Gasteiger partial charge in [0.2, 0.25) is 0 Å². The largest absolute Gasteiger partial charge is 0.476 e. The average Bonchev–Trinajstić information content (AvgIpc) is 2.95. The van der Waals surface area contributed by atoms with Gasteiger partial charge in [-0.1, -0.05) is 40.2 Å². The first-order valence-corrected chi connectivity index (χ1v) is 8.93. The summed E-state index contributed by atoms with van der Waals surface area (Å²) in [5, 5.41) is 21.1. The normalized spacial score (nSPS) is 21.3. The third kappa shape index (κ3) is 4.00. The van der Waals surface area contributed by atoms with Crippen LogP contribution in [-0.2, 0) is 0 Å². The van der Waals surface area contributed by atoms with Crippen LogP contribution in [0.2, 0.25) is 10.0 Å². The van der Waals surface area contributed by atoms with Crippen LogP contribution in [-0.4, -0.2) is 31.7 Å². The summed E-state index contributed by atoms with van der Waals surface area (Å²) in [7, 11) is 0. The van der Waals surface area contributed by atoms with Crippen LogP contribution in [0.1, 0.15) is 47.7 Å². The fourth-order valence-electron chi connectivity index (χ4n) is 2.92. The van der Waals surface area contributed by atoms with E-state index in [4.69, 9.17) is 28.3 Å². The van der Waals surface area contributed by atoms with E-state index in [1.54, 1.807) is 6.07 Å². The van der Waals surface area contributed by atoms with E-state index in [1.165, 1.54) is 17.3 Å². The Labute approximate surface area is 147 Å². The molecule has 1 aromatic carbocycles. The minimum Gasteiger partial charge on any atom is -0.476 e. The first kappa shape index (κ1) is 16.6. The van der Waals surface area contributed by atoms with Gasteiger partial charge in [0, 0.05) is 15.3 Å². The number of carboxylic acids is 1. The molecule has 0 bridgehead atoms. The molecule has 122 valence electrons. The summed E-state index contributed by atoms with van der Waals surface area (Å²) in [6, 6.07) is 5.70. The number of hydrogen-bond donors (Lipinski definition) is 2. The van der Waals surface area contributed by atoms with E-state index in [0.29, 0.717) is 26.2 Å². The van der Waals surface area contributed by atoms with Crippen LogP contribution in [0.3, 0.4) is 0 Å². The van der Waals surface area contributed by atoms with Gasteiger partial charge in [0.1, 0.15) is 0 Å². The third-order valence-electron chi connectivity index (χ3n) is 4.04. The van der Waals surface area contributed by atoms with Crippen molar-refractivity contribution in [2.45, 2.75) is 41.9 Å². The van der Waals surface area contributed by atoms with Crippen molar-refractivity contribution in [3.8, 4) is 0 Å². The fourth-order valence-corrected chi connectivity index (χ4v) is 4.63. The maximum Gasteiger partial charge on any atom is 0.356 e. The average molecular weight is 372 g/mol. The number of nitrogens with one attached hydrogen (secondary N) is 1. The lowest BCUT2D eigenvalue weighted by atomic mass is 9.84. The molecule has 5 nitrogen and oxygen atoms in total. The van der Waals surface area contributed by atoms with Crippen molar-refractivity contribution in [2.75, 3.05) is 0 Å². The number of thioether (sulfide) groups is 1. The highest BCUT2D eigenvalue weighted by atomic mass is 35.5. The Balaban J connectivity index is 1.62. The number of nitrogens with zero attached hydrogens (tertiary/aromatic N) is 2. The van der Waals surface area contributed by atoms with Crippen molar-refractivity contribution in [3.05, 3.63) is 39.5 Å². The van der Waals surface area contributed by atoms with E-state index < -0.39 is 5.97 Å². The number of hydrogen-bond acceptors (Lipinski definition) is 4. The van der Waals surface area contributed by atoms with Crippen LogP contribution >= 0.6 is 35.0 Å². The Hall–Kier alpha value is -1.24. The fraction of sp³-hybridized carbons (Fsp3) is 0.400. The molecule has 0 saturated heterocycles. The molecule has 0 atom stereocenters. The Kier molecular flexibility index (Phi) is 5.14. The lowest BCUT2D eigenvalue weighted by Crippen LogP contribution is -2.15. The molecule has 0 aliphatic heterocycles. The van der Waals surface area contributed by atoms with Crippen LogP contribution in [0.15, 0.2) is 23.2 Å². The zero-order valence-electron chi connectivity index (χ0n) is 12.1. The van der Waals surface area contributed by atoms with E-state index >= 15 is 0 Å². The Morgan fingerprint density at radius 1 is 1.17 bits per heavy atom. The smallest absolute Gasteiger partial charge is 0.356 e. The maximum absolute atomic E-state index is 11.1. The summed E-state index contributed by atoms with van der Waals surface area (Å²) in [5.74, 6) is -0.584. The number of halogens is 2. The van der Waals surface area contributed by atoms with Gasteiger partial charge in [-0.05, 0) is 55.4 Å². The van der Waals surface area contributed by atoms with Crippen LogP contribution in [0.25, 0.3) is 0 Å². The van der Waals surface area contributed by atoms with Crippen molar-refractivity contribution in [1.29, 1.82) is 0 Å². The van der Waals surface area contributed by atoms with Gasteiger partial charge < -0.3 is 5.11 Å². The van der Waals surface area contributed by atoms with Crippen molar-refractivity contribution >= 4 is 40.9 Å². The number of H-pyrrole nitrogens is 1. The minimum absolute atomic E-state index is 0.0683. The zero-order valence-corrected chi connectivity index (χ0v) is 14.5. The summed E-state index contributed by atoms with van der Waals surface area (Å²) in [6.45, 7) is 0.